The van der Waals surface area contributed by atoms with Crippen LogP contribution in [0.1, 0.15) is 37.2 Å². The molecule has 2 N–H and O–H groups in total. The van der Waals surface area contributed by atoms with E-state index in [0.29, 0.717) is 29.0 Å². The number of hydrogen-bond donors (Lipinski definition) is 2. The highest BCUT2D eigenvalue weighted by atomic mass is 32.2. The van der Waals surface area contributed by atoms with Crippen LogP contribution < -0.4 is 11.1 Å². The summed E-state index contributed by atoms with van der Waals surface area (Å²) < 4.78 is 29.9. The molecule has 4 rings (SSSR count). The summed E-state index contributed by atoms with van der Waals surface area (Å²) in [5.41, 5.74) is 2.53. The highest BCUT2D eigenvalue weighted by molar-refractivity contribution is 7.91. The fourth-order valence-electron chi connectivity index (χ4n) is 3.99. The second kappa shape index (κ2) is 7.93. The monoisotopic (exact) mass is 400 g/mol. The molecule has 28 heavy (non-hydrogen) atoms. The fraction of sp³-hybridized carbons (Fsp3) is 0.381. The number of fused-ring (bicyclic) bond motifs is 1. The van der Waals surface area contributed by atoms with E-state index in [1.165, 1.54) is 5.56 Å². The van der Waals surface area contributed by atoms with E-state index in [9.17, 15) is 13.2 Å². The standard InChI is InChI=1S/C21H24N2O4S/c24-21-23-19-11-8-16(14-20(19)27-21)15-6-9-17(10-7-15)22-12-13-28(25,26)18-4-2-1-3-5-18/h1-5,8,11,14-15,17,22H,6-7,9-10,12-13H2,(H,23,24)/t15-,17-. The number of hydrogen-bond acceptors (Lipinski definition) is 5. The van der Waals surface area contributed by atoms with Crippen LogP contribution in [0.25, 0.3) is 11.1 Å². The molecule has 1 aliphatic rings. The van der Waals surface area contributed by atoms with Crippen LogP contribution in [-0.4, -0.2) is 31.7 Å². The normalized spacial score (nSPS) is 20.4. The second-order valence-electron chi connectivity index (χ2n) is 7.40. The van der Waals surface area contributed by atoms with Crippen LogP contribution in [0.5, 0.6) is 0 Å². The highest BCUT2D eigenvalue weighted by Gasteiger charge is 2.23. The second-order valence-corrected chi connectivity index (χ2v) is 9.51. The van der Waals surface area contributed by atoms with E-state index in [1.54, 1.807) is 24.3 Å². The van der Waals surface area contributed by atoms with Crippen LogP contribution in [0.3, 0.4) is 0 Å². The fourth-order valence-corrected chi connectivity index (χ4v) is 5.18. The summed E-state index contributed by atoms with van der Waals surface area (Å²) in [4.78, 5) is 14.4. The Labute approximate surface area is 163 Å². The van der Waals surface area contributed by atoms with Crippen molar-refractivity contribution in [2.24, 2.45) is 0 Å². The number of rotatable bonds is 6. The molecule has 1 saturated carbocycles. The minimum atomic E-state index is -3.24. The van der Waals surface area contributed by atoms with Gasteiger partial charge in [0, 0.05) is 12.6 Å². The molecule has 7 heteroatoms. The van der Waals surface area contributed by atoms with Gasteiger partial charge in [0.2, 0.25) is 0 Å². The molecule has 6 nitrogen and oxygen atoms in total. The van der Waals surface area contributed by atoms with E-state index in [1.807, 2.05) is 18.2 Å². The molecule has 0 atom stereocenters. The van der Waals surface area contributed by atoms with Gasteiger partial charge in [0.1, 0.15) is 0 Å². The number of aromatic amines is 1. The topological polar surface area (TPSA) is 92.2 Å². The Hall–Kier alpha value is -2.38. The lowest BCUT2D eigenvalue weighted by molar-refractivity contribution is 0.348. The van der Waals surface area contributed by atoms with Gasteiger partial charge in [-0.15, -0.1) is 0 Å². The summed E-state index contributed by atoms with van der Waals surface area (Å²) in [7, 11) is -3.24. The number of H-pyrrole nitrogens is 1. The molecule has 3 aromatic rings. The van der Waals surface area contributed by atoms with E-state index in [-0.39, 0.29) is 5.75 Å². The van der Waals surface area contributed by atoms with Crippen LogP contribution in [0.15, 0.2) is 62.6 Å². The molecule has 1 fully saturated rings. The summed E-state index contributed by atoms with van der Waals surface area (Å²) in [6.07, 6.45) is 4.07. The highest BCUT2D eigenvalue weighted by Crippen LogP contribution is 2.33. The summed E-state index contributed by atoms with van der Waals surface area (Å²) in [6.45, 7) is 0.465. The van der Waals surface area contributed by atoms with Gasteiger partial charge >= 0.3 is 5.76 Å². The Bertz CT molecular complexity index is 1090. The maximum Gasteiger partial charge on any atom is 0.417 e. The molecule has 1 aromatic heterocycles. The maximum absolute atomic E-state index is 12.3. The molecule has 0 radical (unpaired) electrons. The Morgan fingerprint density at radius 2 is 1.79 bits per heavy atom. The van der Waals surface area contributed by atoms with Crippen LogP contribution in [-0.2, 0) is 9.84 Å². The van der Waals surface area contributed by atoms with Crippen molar-refractivity contribution >= 4 is 20.9 Å². The lowest BCUT2D eigenvalue weighted by Gasteiger charge is -2.29. The molecule has 0 amide bonds. The van der Waals surface area contributed by atoms with Crippen LogP contribution >= 0.6 is 0 Å². The van der Waals surface area contributed by atoms with Crippen molar-refractivity contribution in [3.05, 3.63) is 64.6 Å². The number of aromatic nitrogens is 1. The van der Waals surface area contributed by atoms with E-state index < -0.39 is 15.6 Å². The maximum atomic E-state index is 12.3. The molecule has 0 aliphatic heterocycles. The first-order chi connectivity index (χ1) is 13.5. The lowest BCUT2D eigenvalue weighted by atomic mass is 9.81. The average molecular weight is 401 g/mol. The zero-order valence-corrected chi connectivity index (χ0v) is 16.4. The van der Waals surface area contributed by atoms with Crippen molar-refractivity contribution in [1.29, 1.82) is 0 Å². The first-order valence-electron chi connectivity index (χ1n) is 9.65. The quantitative estimate of drug-likeness (QED) is 0.663. The zero-order valence-electron chi connectivity index (χ0n) is 15.6. The number of nitrogens with one attached hydrogen (secondary N) is 2. The van der Waals surface area contributed by atoms with Crippen LogP contribution in [0.4, 0.5) is 0 Å². The van der Waals surface area contributed by atoms with Crippen LogP contribution in [0, 0.1) is 0 Å². The Morgan fingerprint density at radius 1 is 1.04 bits per heavy atom. The van der Waals surface area contributed by atoms with Gasteiger partial charge in [-0.25, -0.2) is 13.2 Å². The third-order valence-corrected chi connectivity index (χ3v) is 7.28. The van der Waals surface area contributed by atoms with Gasteiger partial charge in [0.25, 0.3) is 0 Å². The molecular weight excluding hydrogens is 376 g/mol. The molecule has 1 aliphatic carbocycles. The summed E-state index contributed by atoms with van der Waals surface area (Å²) >= 11 is 0. The lowest BCUT2D eigenvalue weighted by Crippen LogP contribution is -2.35. The van der Waals surface area contributed by atoms with Gasteiger partial charge < -0.3 is 9.73 Å². The predicted octanol–water partition coefficient (Wildman–Crippen LogP) is 3.21. The van der Waals surface area contributed by atoms with Gasteiger partial charge in [-0.2, -0.15) is 0 Å². The largest absolute Gasteiger partial charge is 0.417 e. The van der Waals surface area contributed by atoms with Crippen molar-refractivity contribution in [1.82, 2.24) is 10.3 Å². The summed E-state index contributed by atoms with van der Waals surface area (Å²) in [5, 5.41) is 3.41. The number of sulfone groups is 1. The number of benzene rings is 2. The Morgan fingerprint density at radius 3 is 2.54 bits per heavy atom. The van der Waals surface area contributed by atoms with Crippen LogP contribution in [0.2, 0.25) is 0 Å². The molecule has 2 aromatic carbocycles. The molecule has 0 saturated heterocycles. The third-order valence-electron chi connectivity index (χ3n) is 5.55. The first kappa shape index (κ1) is 19.0. The predicted molar refractivity (Wildman–Crippen MR) is 108 cm³/mol. The van der Waals surface area contributed by atoms with E-state index in [2.05, 4.69) is 16.4 Å². The Balaban J connectivity index is 1.29. The Kier molecular flexibility index (Phi) is 5.37. The van der Waals surface area contributed by atoms with Crippen molar-refractivity contribution in [3.8, 4) is 0 Å². The first-order valence-corrected chi connectivity index (χ1v) is 11.3. The van der Waals surface area contributed by atoms with E-state index in [4.69, 9.17) is 4.42 Å². The van der Waals surface area contributed by atoms with Crippen molar-refractivity contribution < 1.29 is 12.8 Å². The molecule has 0 spiro atoms. The van der Waals surface area contributed by atoms with Crippen molar-refractivity contribution in [3.63, 3.8) is 0 Å². The minimum absolute atomic E-state index is 0.111. The van der Waals surface area contributed by atoms with Gasteiger partial charge in [0.05, 0.1) is 16.2 Å². The van der Waals surface area contributed by atoms with Gasteiger partial charge in [-0.3, -0.25) is 4.98 Å². The average Bonchev–Trinajstić information content (AvgIpc) is 3.08. The molecule has 0 unspecified atom stereocenters. The van der Waals surface area contributed by atoms with Crippen molar-refractivity contribution in [2.75, 3.05) is 12.3 Å². The smallest absolute Gasteiger partial charge is 0.408 e. The summed E-state index contributed by atoms with van der Waals surface area (Å²) in [5.74, 6) is 0.126. The number of oxazole rings is 1. The third kappa shape index (κ3) is 4.20. The van der Waals surface area contributed by atoms with E-state index in [0.717, 1.165) is 31.2 Å². The van der Waals surface area contributed by atoms with E-state index >= 15 is 0 Å². The zero-order chi connectivity index (χ0) is 19.6. The van der Waals surface area contributed by atoms with Gasteiger partial charge in [-0.1, -0.05) is 24.3 Å². The molecular formula is C21H24N2O4S. The van der Waals surface area contributed by atoms with Crippen molar-refractivity contribution in [2.45, 2.75) is 42.5 Å². The minimum Gasteiger partial charge on any atom is -0.408 e. The molecule has 0 bridgehead atoms. The summed E-state index contributed by atoms with van der Waals surface area (Å²) in [6, 6.07) is 14.8. The van der Waals surface area contributed by atoms with Gasteiger partial charge in [0.15, 0.2) is 15.4 Å². The SMILES string of the molecule is O=c1[nH]c2ccc([C@H]3CC[C@H](NCCS(=O)(=O)c4ccccc4)CC3)cc2o1. The molecule has 148 valence electrons. The van der Waals surface area contributed by atoms with Gasteiger partial charge in [-0.05, 0) is 61.4 Å². The molecule has 1 heterocycles.